The third-order valence-corrected chi connectivity index (χ3v) is 5.41. The summed E-state index contributed by atoms with van der Waals surface area (Å²) in [5.41, 5.74) is 1.27. The van der Waals surface area contributed by atoms with E-state index in [0.717, 1.165) is 17.3 Å². The van der Waals surface area contributed by atoms with Gasteiger partial charge in [-0.3, -0.25) is 14.5 Å². The number of carbonyl (C=O) groups is 2. The molecule has 0 saturated carbocycles. The molecule has 2 aromatic rings. The summed E-state index contributed by atoms with van der Waals surface area (Å²) in [5, 5.41) is -0.369. The van der Waals surface area contributed by atoms with E-state index in [4.69, 9.17) is 9.47 Å². The number of aliphatic imine (C=N–C) groups is 1. The van der Waals surface area contributed by atoms with Gasteiger partial charge in [-0.2, -0.15) is 8.78 Å². The van der Waals surface area contributed by atoms with E-state index in [1.54, 1.807) is 44.4 Å². The zero-order valence-electron chi connectivity index (χ0n) is 17.5. The van der Waals surface area contributed by atoms with E-state index in [1.165, 1.54) is 36.3 Å². The van der Waals surface area contributed by atoms with Crippen molar-refractivity contribution in [2.75, 3.05) is 19.1 Å². The van der Waals surface area contributed by atoms with Crippen molar-refractivity contribution in [3.63, 3.8) is 0 Å². The Hall–Kier alpha value is -3.40. The van der Waals surface area contributed by atoms with Crippen molar-refractivity contribution in [1.82, 2.24) is 0 Å². The first-order chi connectivity index (χ1) is 15.3. The van der Waals surface area contributed by atoms with Crippen molar-refractivity contribution in [1.29, 1.82) is 0 Å². The average Bonchev–Trinajstić information content (AvgIpc) is 3.08. The number of halogens is 2. The number of hydrogen-bond acceptors (Lipinski definition) is 7. The lowest BCUT2D eigenvalue weighted by Gasteiger charge is -2.19. The van der Waals surface area contributed by atoms with Crippen LogP contribution in [0.25, 0.3) is 6.08 Å². The number of rotatable bonds is 7. The first-order valence-electron chi connectivity index (χ1n) is 9.40. The second-order valence-electron chi connectivity index (χ2n) is 6.49. The lowest BCUT2D eigenvalue weighted by atomic mass is 10.2. The fraction of sp³-hybridized carbons (Fsp3) is 0.227. The number of ether oxygens (including phenoxy) is 3. The fourth-order valence-corrected chi connectivity index (χ4v) is 3.76. The number of benzene rings is 2. The van der Waals surface area contributed by atoms with Crippen LogP contribution < -0.4 is 14.4 Å². The third-order valence-electron chi connectivity index (χ3n) is 4.38. The Morgan fingerprint density at radius 3 is 2.25 bits per heavy atom. The molecule has 0 fully saturated rings. The van der Waals surface area contributed by atoms with Gasteiger partial charge >= 0.3 is 12.6 Å². The molecular weight excluding hydrogens is 442 g/mol. The van der Waals surface area contributed by atoms with Crippen LogP contribution in [0.4, 0.5) is 14.5 Å². The van der Waals surface area contributed by atoms with E-state index in [0.29, 0.717) is 11.4 Å². The Labute approximate surface area is 187 Å². The monoisotopic (exact) mass is 462 g/mol. The van der Waals surface area contributed by atoms with Crippen molar-refractivity contribution in [3.05, 3.63) is 59.8 Å². The zero-order valence-corrected chi connectivity index (χ0v) is 18.3. The van der Waals surface area contributed by atoms with Crippen LogP contribution in [-0.4, -0.2) is 43.1 Å². The van der Waals surface area contributed by atoms with E-state index in [9.17, 15) is 18.4 Å². The summed E-state index contributed by atoms with van der Waals surface area (Å²) in [6.45, 7) is -1.33. The molecule has 0 aliphatic carbocycles. The summed E-state index contributed by atoms with van der Waals surface area (Å²) in [6.07, 6.45) is 1.61. The largest absolute Gasteiger partial charge is 0.497 e. The van der Waals surface area contributed by atoms with Gasteiger partial charge in [0.25, 0.3) is 5.91 Å². The lowest BCUT2D eigenvalue weighted by Crippen LogP contribution is -2.32. The predicted molar refractivity (Wildman–Crippen MR) is 118 cm³/mol. The Balaban J connectivity index is 1.94. The third kappa shape index (κ3) is 5.44. The van der Waals surface area contributed by atoms with Crippen molar-refractivity contribution in [2.45, 2.75) is 18.8 Å². The summed E-state index contributed by atoms with van der Waals surface area (Å²) in [7, 11) is 2.83. The number of nitrogens with zero attached hydrogens (tertiary/aromatic N) is 2. The molecule has 10 heteroatoms. The number of thioether (sulfide) groups is 1. The topological polar surface area (TPSA) is 77.4 Å². The van der Waals surface area contributed by atoms with Gasteiger partial charge in [0.1, 0.15) is 22.4 Å². The minimum Gasteiger partial charge on any atom is -0.497 e. The molecule has 1 amide bonds. The van der Waals surface area contributed by atoms with Crippen LogP contribution in [0.5, 0.6) is 11.5 Å². The summed E-state index contributed by atoms with van der Waals surface area (Å²) in [4.78, 5) is 30.8. The number of esters is 1. The second-order valence-corrected chi connectivity index (χ2v) is 7.80. The molecule has 0 bridgehead atoms. The molecule has 3 rings (SSSR count). The molecule has 168 valence electrons. The Bertz CT molecular complexity index is 1040. The minimum atomic E-state index is -2.96. The van der Waals surface area contributed by atoms with E-state index in [2.05, 4.69) is 9.73 Å². The van der Waals surface area contributed by atoms with Gasteiger partial charge in [0.05, 0.1) is 19.9 Å². The lowest BCUT2D eigenvalue weighted by molar-refractivity contribution is -0.139. The first-order valence-corrected chi connectivity index (χ1v) is 10.3. The molecule has 1 aliphatic rings. The van der Waals surface area contributed by atoms with Crippen LogP contribution in [0.3, 0.4) is 0 Å². The van der Waals surface area contributed by atoms with Crippen LogP contribution in [0, 0.1) is 0 Å². The van der Waals surface area contributed by atoms with Crippen LogP contribution in [-0.2, 0) is 14.3 Å². The van der Waals surface area contributed by atoms with Crippen LogP contribution in [0.15, 0.2) is 59.2 Å². The number of hydrogen-bond donors (Lipinski definition) is 0. The fourth-order valence-electron chi connectivity index (χ4n) is 2.81. The van der Waals surface area contributed by atoms with Gasteiger partial charge in [-0.1, -0.05) is 23.9 Å². The molecule has 0 spiro atoms. The quantitative estimate of drug-likeness (QED) is 0.450. The smallest absolute Gasteiger partial charge is 0.387 e. The molecule has 0 N–H and O–H groups in total. The molecule has 1 heterocycles. The van der Waals surface area contributed by atoms with Gasteiger partial charge in [-0.25, -0.2) is 4.99 Å². The van der Waals surface area contributed by atoms with Crippen molar-refractivity contribution in [3.8, 4) is 11.5 Å². The average molecular weight is 462 g/mol. The maximum absolute atomic E-state index is 13.2. The highest BCUT2D eigenvalue weighted by atomic mass is 32.2. The van der Waals surface area contributed by atoms with Gasteiger partial charge in [-0.05, 0) is 55.0 Å². The summed E-state index contributed by atoms with van der Waals surface area (Å²) >= 11 is 1.05. The Kier molecular flexibility index (Phi) is 7.47. The number of alkyl halides is 2. The van der Waals surface area contributed by atoms with Crippen molar-refractivity contribution in [2.24, 2.45) is 4.99 Å². The highest BCUT2D eigenvalue weighted by Gasteiger charge is 2.34. The molecule has 0 aromatic heterocycles. The van der Waals surface area contributed by atoms with Gasteiger partial charge in [0.15, 0.2) is 5.17 Å². The summed E-state index contributed by atoms with van der Waals surface area (Å²) in [5.74, 6) is -0.274. The summed E-state index contributed by atoms with van der Waals surface area (Å²) < 4.78 is 39.1. The van der Waals surface area contributed by atoms with Gasteiger partial charge in [-0.15, -0.1) is 0 Å². The minimum absolute atomic E-state index is 0.0431. The van der Waals surface area contributed by atoms with Crippen LogP contribution in [0.1, 0.15) is 12.5 Å². The maximum atomic E-state index is 13.2. The molecule has 7 nitrogen and oxygen atoms in total. The maximum Gasteiger partial charge on any atom is 0.387 e. The number of carbonyl (C=O) groups excluding carboxylic acids is 2. The number of amidine groups is 1. The predicted octanol–water partition coefficient (Wildman–Crippen LogP) is 4.34. The van der Waals surface area contributed by atoms with E-state index >= 15 is 0 Å². The number of methoxy groups -OCH3 is 2. The van der Waals surface area contributed by atoms with Gasteiger partial charge < -0.3 is 14.2 Å². The van der Waals surface area contributed by atoms with Gasteiger partial charge in [0.2, 0.25) is 0 Å². The molecular formula is C22H20F2N2O5S. The SMILES string of the molecule is COC(=O)C(C)SC1=N/C(=C/c2ccc(OC)cc2)C(=O)N1c1ccc(OC(F)F)cc1. The van der Waals surface area contributed by atoms with Crippen molar-refractivity contribution < 1.29 is 32.6 Å². The van der Waals surface area contributed by atoms with Crippen molar-refractivity contribution >= 4 is 40.6 Å². The highest BCUT2D eigenvalue weighted by molar-refractivity contribution is 8.15. The molecule has 1 aliphatic heterocycles. The van der Waals surface area contributed by atoms with Gasteiger partial charge in [0, 0.05) is 0 Å². The molecule has 1 atom stereocenters. The first kappa shape index (κ1) is 23.3. The van der Waals surface area contributed by atoms with E-state index < -0.39 is 23.7 Å². The summed E-state index contributed by atoms with van der Waals surface area (Å²) in [6, 6.07) is 12.6. The molecule has 0 saturated heterocycles. The Morgan fingerprint density at radius 1 is 1.06 bits per heavy atom. The second kappa shape index (κ2) is 10.3. The molecule has 2 aromatic carbocycles. The van der Waals surface area contributed by atoms with E-state index in [1.807, 2.05) is 0 Å². The number of anilines is 1. The Morgan fingerprint density at radius 2 is 1.69 bits per heavy atom. The molecule has 0 radical (unpaired) electrons. The standard InChI is InChI=1S/C22H20F2N2O5S/c1-13(20(28)30-3)32-22-25-18(12-14-4-8-16(29-2)9-5-14)19(27)26(22)15-6-10-17(11-7-15)31-21(23)24/h4-13,21H,1-3H3/b18-12+. The zero-order chi connectivity index (χ0) is 23.3. The normalized spacial score (nSPS) is 15.7. The molecule has 1 unspecified atom stereocenters. The van der Waals surface area contributed by atoms with Crippen LogP contribution in [0.2, 0.25) is 0 Å². The van der Waals surface area contributed by atoms with Crippen LogP contribution >= 0.6 is 11.8 Å². The number of amides is 1. The highest BCUT2D eigenvalue weighted by Crippen LogP contribution is 2.32. The van der Waals surface area contributed by atoms with E-state index in [-0.39, 0.29) is 16.6 Å². The molecule has 32 heavy (non-hydrogen) atoms.